The summed E-state index contributed by atoms with van der Waals surface area (Å²) < 4.78 is 55.6. The largest absolute Gasteiger partial charge is 0.694 e. The quantitative estimate of drug-likeness (QED) is 0.473. The van der Waals surface area contributed by atoms with Crippen molar-refractivity contribution >= 4 is 16.5 Å². The Morgan fingerprint density at radius 3 is 2.04 bits per heavy atom. The molecule has 2 rings (SSSR count). The fourth-order valence-corrected chi connectivity index (χ4v) is 4.65. The predicted octanol–water partition coefficient (Wildman–Crippen LogP) is 2.30. The van der Waals surface area contributed by atoms with Gasteiger partial charge in [0.25, 0.3) is 0 Å². The zero-order valence-electron chi connectivity index (χ0n) is 16.3. The molecule has 0 amide bonds. The summed E-state index contributed by atoms with van der Waals surface area (Å²) in [6.45, 7) is 7.74. The van der Waals surface area contributed by atoms with Crippen molar-refractivity contribution in [2.75, 3.05) is 20.3 Å². The van der Waals surface area contributed by atoms with Gasteiger partial charge in [-0.2, -0.15) is 0 Å². The average molecular weight is 504 g/mol. The van der Waals surface area contributed by atoms with Gasteiger partial charge in [0.05, 0.1) is 24.9 Å². The third-order valence-corrected chi connectivity index (χ3v) is 6.49. The van der Waals surface area contributed by atoms with Crippen LogP contribution in [0.4, 0.5) is 0 Å². The summed E-state index contributed by atoms with van der Waals surface area (Å²) in [4.78, 5) is 8.79. The maximum absolute atomic E-state index is 12.3. The molecule has 2 heterocycles. The van der Waals surface area contributed by atoms with Crippen LogP contribution < -0.4 is 0 Å². The molecule has 2 aliphatic rings. The first kappa shape index (κ1) is 26.2. The van der Waals surface area contributed by atoms with Gasteiger partial charge in [-0.05, 0) is 13.8 Å². The van der Waals surface area contributed by atoms with Crippen LogP contribution in [0.15, 0.2) is 0 Å². The molecule has 10 atom stereocenters. The normalized spacial score (nSPS) is 40.6. The predicted molar refractivity (Wildman–Crippen MR) is 93.4 cm³/mol. The molecule has 0 saturated carbocycles. The maximum Gasteiger partial charge on any atom is 0.694 e. The Labute approximate surface area is 186 Å². The molecule has 0 aromatic rings. The summed E-state index contributed by atoms with van der Waals surface area (Å²) in [7, 11) is -3.92. The summed E-state index contributed by atoms with van der Waals surface area (Å²) in [6, 6.07) is 0. The molecule has 2 saturated heterocycles. The van der Waals surface area contributed by atoms with E-state index in [2.05, 4.69) is 0 Å². The van der Waals surface area contributed by atoms with Gasteiger partial charge in [-0.15, -0.1) is 9.42 Å². The molecule has 12 heteroatoms. The number of ether oxygens (including phenoxy) is 3. The summed E-state index contributed by atoms with van der Waals surface area (Å²) in [6.07, 6.45) is -1.70. The first-order chi connectivity index (χ1) is 12.2. The van der Waals surface area contributed by atoms with E-state index in [9.17, 15) is 9.13 Å². The first-order valence-electron chi connectivity index (χ1n) is 8.70. The second kappa shape index (κ2) is 12.1. The molecule has 2 aliphatic heterocycles. The van der Waals surface area contributed by atoms with Crippen molar-refractivity contribution in [3.63, 3.8) is 0 Å². The van der Waals surface area contributed by atoms with E-state index in [0.717, 1.165) is 0 Å². The van der Waals surface area contributed by atoms with E-state index in [1.807, 2.05) is 27.7 Å². The summed E-state index contributed by atoms with van der Waals surface area (Å²) in [5.74, 6) is 0.148. The topological polar surface area (TPSA) is 110 Å². The van der Waals surface area contributed by atoms with Crippen LogP contribution in [0.3, 0.4) is 0 Å². The molecule has 0 bridgehead atoms. The SMILES string of the molecule is COC1[C@@H](CO[PH](=O)OC2[C@@H](CO[P+](=O)O)O[C@@H](C)[C@H]2C)O[C@@H](C)[C@H]1C.[Y]. The second-order valence-electron chi connectivity index (χ2n) is 6.85. The van der Waals surface area contributed by atoms with Crippen LogP contribution in [0, 0.1) is 11.8 Å². The summed E-state index contributed by atoms with van der Waals surface area (Å²) in [5.41, 5.74) is 0. The van der Waals surface area contributed by atoms with Crippen LogP contribution in [0.25, 0.3) is 0 Å². The Hall–Kier alpha value is 1.15. The Balaban J connectivity index is 0.00000364. The minimum atomic E-state index is -2.81. The summed E-state index contributed by atoms with van der Waals surface area (Å²) in [5, 5.41) is 0. The fraction of sp³-hybridized carbons (Fsp3) is 1.00. The monoisotopic (exact) mass is 504 g/mol. The molecule has 1 radical (unpaired) electrons. The molecule has 2 fully saturated rings. The van der Waals surface area contributed by atoms with Crippen LogP contribution in [0.2, 0.25) is 0 Å². The second-order valence-corrected chi connectivity index (χ2v) is 8.61. The van der Waals surface area contributed by atoms with E-state index in [0.29, 0.717) is 0 Å². The van der Waals surface area contributed by atoms with Crippen molar-refractivity contribution in [1.29, 1.82) is 0 Å². The standard InChI is InChI=1S/C15H28O9P2.Y/c1-8-10(3)22-12(14(8)19-5)7-21-26(18)24-15-9(2)11(4)23-13(15)6-20-25(16)17;/h8-15,26H,6-7H2,1-5H3;/p+1/t8-,9-,10+,11+,12-,13-,14?,15?;/m1./s1. The van der Waals surface area contributed by atoms with E-state index in [4.69, 9.17) is 32.7 Å². The fourth-order valence-electron chi connectivity index (χ4n) is 3.42. The molecule has 0 aromatic heterocycles. The third-order valence-electron chi connectivity index (χ3n) is 5.25. The van der Waals surface area contributed by atoms with Crippen LogP contribution >= 0.6 is 16.5 Å². The van der Waals surface area contributed by atoms with Crippen LogP contribution in [-0.4, -0.2) is 61.8 Å². The number of rotatable bonds is 9. The summed E-state index contributed by atoms with van der Waals surface area (Å²) >= 11 is 0. The third kappa shape index (κ3) is 7.11. The van der Waals surface area contributed by atoms with Gasteiger partial charge in [0, 0.05) is 56.2 Å². The van der Waals surface area contributed by atoms with E-state index in [1.54, 1.807) is 7.11 Å². The minimum absolute atomic E-state index is 0. The molecule has 155 valence electrons. The Kier molecular flexibility index (Phi) is 11.8. The van der Waals surface area contributed by atoms with Crippen LogP contribution in [0.1, 0.15) is 27.7 Å². The molecule has 1 N–H and O–H groups in total. The van der Waals surface area contributed by atoms with Gasteiger partial charge in [0.2, 0.25) is 0 Å². The van der Waals surface area contributed by atoms with Crippen molar-refractivity contribution in [2.45, 2.75) is 64.3 Å². The molecule has 0 aliphatic carbocycles. The van der Waals surface area contributed by atoms with Gasteiger partial charge >= 0.3 is 16.5 Å². The van der Waals surface area contributed by atoms with E-state index in [-0.39, 0.29) is 82.2 Å². The number of hydrogen-bond acceptors (Lipinski definition) is 8. The first-order valence-corrected chi connectivity index (χ1v) is 11.1. The van der Waals surface area contributed by atoms with Gasteiger partial charge in [0.1, 0.15) is 24.9 Å². The Morgan fingerprint density at radius 2 is 1.52 bits per heavy atom. The van der Waals surface area contributed by atoms with E-state index in [1.165, 1.54) is 0 Å². The maximum atomic E-state index is 12.3. The molecule has 0 aromatic carbocycles. The van der Waals surface area contributed by atoms with Gasteiger partial charge < -0.3 is 23.3 Å². The van der Waals surface area contributed by atoms with Crippen molar-refractivity contribution in [2.24, 2.45) is 11.8 Å². The molecular weight excluding hydrogens is 475 g/mol. The molecule has 9 nitrogen and oxygen atoms in total. The van der Waals surface area contributed by atoms with Crippen molar-refractivity contribution in [3.8, 4) is 0 Å². The van der Waals surface area contributed by atoms with Gasteiger partial charge in [-0.1, -0.05) is 13.8 Å². The smallest absolute Gasteiger partial charge is 0.378 e. The molecular formula is C15H29O9P2Y+. The van der Waals surface area contributed by atoms with E-state index >= 15 is 0 Å². The van der Waals surface area contributed by atoms with Gasteiger partial charge in [0.15, 0.2) is 0 Å². The number of hydrogen-bond donors (Lipinski definition) is 1. The molecule has 4 unspecified atom stereocenters. The van der Waals surface area contributed by atoms with Crippen LogP contribution in [-0.2, 0) is 69.6 Å². The number of methoxy groups -OCH3 is 1. The minimum Gasteiger partial charge on any atom is -0.378 e. The average Bonchev–Trinajstić information content (AvgIpc) is 3.01. The molecule has 27 heavy (non-hydrogen) atoms. The van der Waals surface area contributed by atoms with Crippen molar-refractivity contribution < 1.29 is 74.5 Å². The van der Waals surface area contributed by atoms with Crippen molar-refractivity contribution in [1.82, 2.24) is 0 Å². The van der Waals surface area contributed by atoms with Crippen LogP contribution in [0.5, 0.6) is 0 Å². The zero-order valence-corrected chi connectivity index (χ0v) is 21.0. The Morgan fingerprint density at radius 1 is 1.00 bits per heavy atom. The van der Waals surface area contributed by atoms with E-state index < -0.39 is 28.7 Å². The van der Waals surface area contributed by atoms with Crippen molar-refractivity contribution in [3.05, 3.63) is 0 Å². The Bertz CT molecular complexity index is 512. The van der Waals surface area contributed by atoms with Gasteiger partial charge in [-0.25, -0.2) is 0 Å². The zero-order chi connectivity index (χ0) is 19.4. The molecule has 0 spiro atoms. The van der Waals surface area contributed by atoms with Gasteiger partial charge in [-0.3, -0.25) is 4.57 Å².